The summed E-state index contributed by atoms with van der Waals surface area (Å²) in [6.07, 6.45) is 2.38. The highest BCUT2D eigenvalue weighted by molar-refractivity contribution is 6.07. The summed E-state index contributed by atoms with van der Waals surface area (Å²) in [6, 6.07) is 7.83. The first-order valence-corrected chi connectivity index (χ1v) is 7.55. The average Bonchev–Trinajstić information content (AvgIpc) is 2.84. The lowest BCUT2D eigenvalue weighted by Crippen LogP contribution is -2.44. The zero-order chi connectivity index (χ0) is 15.9. The van der Waals surface area contributed by atoms with Crippen LogP contribution in [-0.4, -0.2) is 39.5 Å². The number of hydrogen-bond donors (Lipinski definition) is 1. The van der Waals surface area contributed by atoms with Crippen molar-refractivity contribution in [2.75, 3.05) is 13.1 Å². The maximum Gasteiger partial charge on any atom is 0.306 e. The quantitative estimate of drug-likeness (QED) is 0.926. The lowest BCUT2D eigenvalue weighted by atomic mass is 9.87. The Kier molecular flexibility index (Phi) is 3.64. The summed E-state index contributed by atoms with van der Waals surface area (Å²) < 4.78 is 1.95. The van der Waals surface area contributed by atoms with E-state index in [9.17, 15) is 14.7 Å². The molecule has 1 saturated heterocycles. The summed E-state index contributed by atoms with van der Waals surface area (Å²) in [7, 11) is 1.93. The molecule has 5 nitrogen and oxygen atoms in total. The van der Waals surface area contributed by atoms with Crippen molar-refractivity contribution < 1.29 is 14.7 Å². The Bertz CT molecular complexity index is 735. The van der Waals surface area contributed by atoms with Crippen LogP contribution in [-0.2, 0) is 11.8 Å². The van der Waals surface area contributed by atoms with E-state index in [4.69, 9.17) is 0 Å². The zero-order valence-electron chi connectivity index (χ0n) is 12.8. The van der Waals surface area contributed by atoms with Crippen LogP contribution in [0.25, 0.3) is 10.9 Å². The minimum atomic E-state index is -0.759. The van der Waals surface area contributed by atoms with Gasteiger partial charge in [-0.25, -0.2) is 0 Å². The van der Waals surface area contributed by atoms with Crippen molar-refractivity contribution in [2.24, 2.45) is 18.9 Å². The van der Waals surface area contributed by atoms with Crippen molar-refractivity contribution in [1.82, 2.24) is 9.47 Å². The Morgan fingerprint density at radius 2 is 2.00 bits per heavy atom. The van der Waals surface area contributed by atoms with Crippen molar-refractivity contribution in [2.45, 2.75) is 13.3 Å². The first-order valence-electron chi connectivity index (χ1n) is 7.55. The molecule has 0 saturated carbocycles. The third-order valence-electron chi connectivity index (χ3n) is 4.64. The fraction of sp³-hybridized carbons (Fsp3) is 0.412. The van der Waals surface area contributed by atoms with E-state index in [1.807, 2.05) is 49.0 Å². The van der Waals surface area contributed by atoms with Gasteiger partial charge >= 0.3 is 5.97 Å². The molecule has 1 N–H and O–H groups in total. The number of carboxylic acids is 1. The predicted octanol–water partition coefficient (Wildman–Crippen LogP) is 2.36. The van der Waals surface area contributed by atoms with E-state index in [1.54, 1.807) is 4.90 Å². The molecule has 1 fully saturated rings. The third-order valence-corrected chi connectivity index (χ3v) is 4.64. The largest absolute Gasteiger partial charge is 0.481 e. The SMILES string of the molecule is CC1CN(C(=O)c2cn(C)c3ccccc23)CCC1C(=O)O. The van der Waals surface area contributed by atoms with Gasteiger partial charge in [0.2, 0.25) is 0 Å². The second-order valence-corrected chi connectivity index (χ2v) is 6.13. The van der Waals surface area contributed by atoms with Gasteiger partial charge in [-0.2, -0.15) is 0 Å². The van der Waals surface area contributed by atoms with Crippen LogP contribution in [0.1, 0.15) is 23.7 Å². The van der Waals surface area contributed by atoms with E-state index in [0.717, 1.165) is 10.9 Å². The number of rotatable bonds is 2. The molecule has 1 amide bonds. The lowest BCUT2D eigenvalue weighted by molar-refractivity contribution is -0.145. The number of carbonyl (C=O) groups excluding carboxylic acids is 1. The van der Waals surface area contributed by atoms with Gasteiger partial charge < -0.3 is 14.6 Å². The van der Waals surface area contributed by atoms with Gasteiger partial charge in [0, 0.05) is 37.2 Å². The lowest BCUT2D eigenvalue weighted by Gasteiger charge is -2.34. The number of piperidine rings is 1. The molecule has 0 radical (unpaired) electrons. The number of amides is 1. The van der Waals surface area contributed by atoms with Gasteiger partial charge in [0.25, 0.3) is 5.91 Å². The molecule has 0 bridgehead atoms. The van der Waals surface area contributed by atoms with Crippen LogP contribution >= 0.6 is 0 Å². The molecule has 1 aromatic carbocycles. The van der Waals surface area contributed by atoms with Crippen LogP contribution in [0.3, 0.4) is 0 Å². The molecule has 1 aliphatic rings. The minimum Gasteiger partial charge on any atom is -0.481 e. The number of benzene rings is 1. The minimum absolute atomic E-state index is 0.00695. The molecule has 2 unspecified atom stereocenters. The number of likely N-dealkylation sites (tertiary alicyclic amines) is 1. The van der Waals surface area contributed by atoms with Crippen LogP contribution in [0.2, 0.25) is 0 Å². The molecule has 0 spiro atoms. The number of para-hydroxylation sites is 1. The van der Waals surface area contributed by atoms with E-state index in [2.05, 4.69) is 0 Å². The number of carbonyl (C=O) groups is 2. The molecule has 5 heteroatoms. The Morgan fingerprint density at radius 3 is 2.68 bits per heavy atom. The Labute approximate surface area is 129 Å². The Balaban J connectivity index is 1.87. The van der Waals surface area contributed by atoms with Crippen LogP contribution in [0, 0.1) is 11.8 Å². The summed E-state index contributed by atoms with van der Waals surface area (Å²) in [4.78, 5) is 25.8. The molecule has 2 aromatic rings. The zero-order valence-corrected chi connectivity index (χ0v) is 12.8. The van der Waals surface area contributed by atoms with Gasteiger partial charge in [-0.1, -0.05) is 25.1 Å². The van der Waals surface area contributed by atoms with Gasteiger partial charge in [-0.3, -0.25) is 9.59 Å². The Morgan fingerprint density at radius 1 is 1.27 bits per heavy atom. The molecule has 1 aromatic heterocycles. The van der Waals surface area contributed by atoms with Crippen molar-refractivity contribution in [3.63, 3.8) is 0 Å². The molecule has 3 rings (SSSR count). The first-order chi connectivity index (χ1) is 10.5. The molecular formula is C17H20N2O3. The number of nitrogens with zero attached hydrogens (tertiary/aromatic N) is 2. The number of aromatic nitrogens is 1. The van der Waals surface area contributed by atoms with E-state index >= 15 is 0 Å². The van der Waals surface area contributed by atoms with Crippen LogP contribution in [0.15, 0.2) is 30.5 Å². The highest BCUT2D eigenvalue weighted by Crippen LogP contribution is 2.27. The monoisotopic (exact) mass is 300 g/mol. The topological polar surface area (TPSA) is 62.5 Å². The van der Waals surface area contributed by atoms with Crippen molar-refractivity contribution in [3.05, 3.63) is 36.0 Å². The normalized spacial score (nSPS) is 22.0. The summed E-state index contributed by atoms with van der Waals surface area (Å²) in [5.41, 5.74) is 1.72. The number of aliphatic carboxylic acids is 1. The van der Waals surface area contributed by atoms with Crippen molar-refractivity contribution >= 4 is 22.8 Å². The highest BCUT2D eigenvalue weighted by Gasteiger charge is 2.33. The van der Waals surface area contributed by atoms with Crippen LogP contribution < -0.4 is 0 Å². The number of carboxylic acid groups (broad SMARTS) is 1. The second-order valence-electron chi connectivity index (χ2n) is 6.13. The van der Waals surface area contributed by atoms with Crippen LogP contribution in [0.4, 0.5) is 0 Å². The maximum absolute atomic E-state index is 12.8. The van der Waals surface area contributed by atoms with Gasteiger partial charge in [-0.05, 0) is 18.4 Å². The van der Waals surface area contributed by atoms with Gasteiger partial charge in [-0.15, -0.1) is 0 Å². The molecule has 22 heavy (non-hydrogen) atoms. The molecular weight excluding hydrogens is 280 g/mol. The maximum atomic E-state index is 12.8. The first kappa shape index (κ1) is 14.6. The van der Waals surface area contributed by atoms with Gasteiger partial charge in [0.05, 0.1) is 11.5 Å². The average molecular weight is 300 g/mol. The number of fused-ring (bicyclic) bond motifs is 1. The summed E-state index contributed by atoms with van der Waals surface area (Å²) in [5, 5.41) is 10.1. The van der Waals surface area contributed by atoms with Gasteiger partial charge in [0.1, 0.15) is 0 Å². The summed E-state index contributed by atoms with van der Waals surface area (Å²) >= 11 is 0. The Hall–Kier alpha value is -2.30. The van der Waals surface area contributed by atoms with Gasteiger partial charge in [0.15, 0.2) is 0 Å². The fourth-order valence-electron chi connectivity index (χ4n) is 3.38. The van der Waals surface area contributed by atoms with Crippen LogP contribution in [0.5, 0.6) is 0 Å². The molecule has 1 aliphatic heterocycles. The predicted molar refractivity (Wildman–Crippen MR) is 83.7 cm³/mol. The van der Waals surface area contributed by atoms with Crippen molar-refractivity contribution in [3.8, 4) is 0 Å². The number of hydrogen-bond acceptors (Lipinski definition) is 2. The second kappa shape index (κ2) is 5.48. The standard InChI is InChI=1S/C17H20N2O3/c1-11-9-19(8-7-12(11)17(21)22)16(20)14-10-18(2)15-6-4-3-5-13(14)15/h3-6,10-12H,7-9H2,1-2H3,(H,21,22). The third kappa shape index (κ3) is 2.36. The molecule has 2 atom stereocenters. The van der Waals surface area contributed by atoms with E-state index in [-0.39, 0.29) is 17.7 Å². The smallest absolute Gasteiger partial charge is 0.306 e. The summed E-state index contributed by atoms with van der Waals surface area (Å²) in [6.45, 7) is 2.91. The highest BCUT2D eigenvalue weighted by atomic mass is 16.4. The molecule has 116 valence electrons. The van der Waals surface area contributed by atoms with Crippen molar-refractivity contribution in [1.29, 1.82) is 0 Å². The van der Waals surface area contributed by atoms with E-state index in [1.165, 1.54) is 0 Å². The summed E-state index contributed by atoms with van der Waals surface area (Å²) in [5.74, 6) is -1.14. The van der Waals surface area contributed by atoms with E-state index in [0.29, 0.717) is 25.1 Å². The molecule has 2 heterocycles. The fourth-order valence-corrected chi connectivity index (χ4v) is 3.38. The molecule has 0 aliphatic carbocycles. The number of aryl methyl sites for hydroxylation is 1. The van der Waals surface area contributed by atoms with E-state index < -0.39 is 5.97 Å².